The molecule has 1 atom stereocenters. The minimum absolute atomic E-state index is 0.299. The molecule has 0 radical (unpaired) electrons. The maximum absolute atomic E-state index is 11.3. The van der Waals surface area contributed by atoms with Crippen LogP contribution in [0.15, 0.2) is 30.3 Å². The monoisotopic (exact) mass is 184 g/mol. The van der Waals surface area contributed by atoms with Gasteiger partial charge in [0.05, 0.1) is 0 Å². The van der Waals surface area contributed by atoms with Gasteiger partial charge in [-0.2, -0.15) is 0 Å². The molecule has 0 saturated carbocycles. The Balaban J connectivity index is 2.15. The average Bonchev–Trinajstić information content (AvgIpc) is 2.56. The van der Waals surface area contributed by atoms with E-state index in [2.05, 4.69) is 24.3 Å². The van der Waals surface area contributed by atoms with Gasteiger partial charge in [-0.05, 0) is 41.5 Å². The minimum atomic E-state index is 0.299. The number of carbonyl (C=O) groups is 1. The summed E-state index contributed by atoms with van der Waals surface area (Å²) in [6.07, 6.45) is 4.77. The molecule has 3 rings (SSSR count). The van der Waals surface area contributed by atoms with Gasteiger partial charge in [0.15, 0.2) is 5.78 Å². The second kappa shape index (κ2) is 2.81. The Kier molecular flexibility index (Phi) is 1.60. The van der Waals surface area contributed by atoms with E-state index >= 15 is 0 Å². The Hall–Kier alpha value is -1.37. The quantitative estimate of drug-likeness (QED) is 0.605. The highest BCUT2D eigenvalue weighted by molar-refractivity contribution is 6.00. The van der Waals surface area contributed by atoms with Crippen molar-refractivity contribution in [2.24, 2.45) is 5.92 Å². The third kappa shape index (κ3) is 1.05. The van der Waals surface area contributed by atoms with Crippen molar-refractivity contribution in [2.75, 3.05) is 0 Å². The van der Waals surface area contributed by atoms with E-state index in [1.165, 1.54) is 16.7 Å². The molecule has 1 heteroatoms. The molecule has 0 saturated heterocycles. The predicted octanol–water partition coefficient (Wildman–Crippen LogP) is 2.61. The molecule has 0 amide bonds. The van der Waals surface area contributed by atoms with Crippen molar-refractivity contribution in [3.8, 4) is 0 Å². The SMILES string of the molecule is O=C1C=C2c3ccccc3C[C@@H]2CC1. The van der Waals surface area contributed by atoms with E-state index in [4.69, 9.17) is 0 Å². The number of benzene rings is 1. The first-order chi connectivity index (χ1) is 6.84. The minimum Gasteiger partial charge on any atom is -0.295 e. The Morgan fingerprint density at radius 3 is 3.00 bits per heavy atom. The van der Waals surface area contributed by atoms with Gasteiger partial charge in [-0.3, -0.25) is 4.79 Å². The summed E-state index contributed by atoms with van der Waals surface area (Å²) in [7, 11) is 0. The summed E-state index contributed by atoms with van der Waals surface area (Å²) in [6.45, 7) is 0. The lowest BCUT2D eigenvalue weighted by atomic mass is 9.88. The molecule has 0 bridgehead atoms. The molecule has 1 nitrogen and oxygen atoms in total. The molecule has 14 heavy (non-hydrogen) atoms. The van der Waals surface area contributed by atoms with Crippen LogP contribution in [0.25, 0.3) is 5.57 Å². The third-order valence-corrected chi connectivity index (χ3v) is 3.29. The van der Waals surface area contributed by atoms with Gasteiger partial charge >= 0.3 is 0 Å². The van der Waals surface area contributed by atoms with Crippen LogP contribution in [-0.2, 0) is 11.2 Å². The lowest BCUT2D eigenvalue weighted by Crippen LogP contribution is -2.09. The lowest BCUT2D eigenvalue weighted by Gasteiger charge is -2.15. The van der Waals surface area contributed by atoms with Crippen LogP contribution in [0, 0.1) is 5.92 Å². The van der Waals surface area contributed by atoms with Crippen molar-refractivity contribution in [3.63, 3.8) is 0 Å². The van der Waals surface area contributed by atoms with Crippen LogP contribution < -0.4 is 0 Å². The molecule has 0 unspecified atom stereocenters. The first-order valence-corrected chi connectivity index (χ1v) is 5.17. The molecule has 0 fully saturated rings. The van der Waals surface area contributed by atoms with Crippen LogP contribution in [0.4, 0.5) is 0 Å². The van der Waals surface area contributed by atoms with E-state index in [1.54, 1.807) is 0 Å². The largest absolute Gasteiger partial charge is 0.295 e. The highest BCUT2D eigenvalue weighted by Crippen LogP contribution is 2.41. The smallest absolute Gasteiger partial charge is 0.156 e. The number of rotatable bonds is 0. The van der Waals surface area contributed by atoms with Crippen molar-refractivity contribution < 1.29 is 4.79 Å². The standard InChI is InChI=1S/C13H12O/c14-11-6-5-10-7-9-3-1-2-4-12(9)13(10)8-11/h1-4,8,10H,5-7H2/t10-/m0/s1. The highest BCUT2D eigenvalue weighted by atomic mass is 16.1. The maximum Gasteiger partial charge on any atom is 0.156 e. The number of carbonyl (C=O) groups excluding carboxylic acids is 1. The van der Waals surface area contributed by atoms with Crippen molar-refractivity contribution in [1.29, 1.82) is 0 Å². The second-order valence-corrected chi connectivity index (χ2v) is 4.16. The molecule has 2 aliphatic rings. The molecule has 0 heterocycles. The fourth-order valence-corrected chi connectivity index (χ4v) is 2.59. The van der Waals surface area contributed by atoms with Crippen molar-refractivity contribution in [2.45, 2.75) is 19.3 Å². The zero-order chi connectivity index (χ0) is 9.54. The average molecular weight is 184 g/mol. The zero-order valence-electron chi connectivity index (χ0n) is 7.99. The van der Waals surface area contributed by atoms with Crippen molar-refractivity contribution >= 4 is 11.4 Å². The maximum atomic E-state index is 11.3. The predicted molar refractivity (Wildman–Crippen MR) is 55.9 cm³/mol. The fraction of sp³-hybridized carbons (Fsp3) is 0.308. The number of ketones is 1. The summed E-state index contributed by atoms with van der Waals surface area (Å²) in [5.41, 5.74) is 4.01. The third-order valence-electron chi connectivity index (χ3n) is 3.29. The van der Waals surface area contributed by atoms with E-state index < -0.39 is 0 Å². The van der Waals surface area contributed by atoms with Gasteiger partial charge in [-0.15, -0.1) is 0 Å². The molecule has 0 N–H and O–H groups in total. The van der Waals surface area contributed by atoms with Crippen LogP contribution in [0.1, 0.15) is 24.0 Å². The second-order valence-electron chi connectivity index (χ2n) is 4.16. The van der Waals surface area contributed by atoms with Gasteiger partial charge < -0.3 is 0 Å². The Morgan fingerprint density at radius 1 is 1.21 bits per heavy atom. The molecule has 0 aromatic heterocycles. The lowest BCUT2D eigenvalue weighted by molar-refractivity contribution is -0.115. The van der Waals surface area contributed by atoms with E-state index in [0.29, 0.717) is 11.7 Å². The van der Waals surface area contributed by atoms with E-state index in [0.717, 1.165) is 19.3 Å². The summed E-state index contributed by atoms with van der Waals surface area (Å²) in [4.78, 5) is 11.3. The van der Waals surface area contributed by atoms with Gasteiger partial charge in [0, 0.05) is 6.42 Å². The van der Waals surface area contributed by atoms with Crippen LogP contribution in [0.2, 0.25) is 0 Å². The summed E-state index contributed by atoms with van der Waals surface area (Å²) in [5, 5.41) is 0. The van der Waals surface area contributed by atoms with Gasteiger partial charge in [0.25, 0.3) is 0 Å². The molecular weight excluding hydrogens is 172 g/mol. The van der Waals surface area contributed by atoms with Crippen LogP contribution in [0.5, 0.6) is 0 Å². The summed E-state index contributed by atoms with van der Waals surface area (Å²) < 4.78 is 0. The number of fused-ring (bicyclic) bond motifs is 3. The fourth-order valence-electron chi connectivity index (χ4n) is 2.59. The first-order valence-electron chi connectivity index (χ1n) is 5.17. The molecule has 0 spiro atoms. The summed E-state index contributed by atoms with van der Waals surface area (Å²) in [5.74, 6) is 0.915. The highest BCUT2D eigenvalue weighted by Gasteiger charge is 2.29. The topological polar surface area (TPSA) is 17.1 Å². The Labute approximate surface area is 83.4 Å². The number of allylic oxidation sites excluding steroid dienone is 2. The van der Waals surface area contributed by atoms with Crippen LogP contribution >= 0.6 is 0 Å². The first kappa shape index (κ1) is 7.98. The van der Waals surface area contributed by atoms with Gasteiger partial charge in [0.1, 0.15) is 0 Å². The molecule has 1 aromatic carbocycles. The summed E-state index contributed by atoms with van der Waals surface area (Å²) >= 11 is 0. The van der Waals surface area contributed by atoms with E-state index in [-0.39, 0.29) is 0 Å². The van der Waals surface area contributed by atoms with Gasteiger partial charge in [-0.25, -0.2) is 0 Å². The molecule has 70 valence electrons. The normalized spacial score (nSPS) is 24.1. The molecule has 2 aliphatic carbocycles. The number of hydrogen-bond donors (Lipinski definition) is 0. The van der Waals surface area contributed by atoms with Crippen LogP contribution in [-0.4, -0.2) is 5.78 Å². The zero-order valence-corrected chi connectivity index (χ0v) is 7.99. The van der Waals surface area contributed by atoms with Crippen molar-refractivity contribution in [1.82, 2.24) is 0 Å². The van der Waals surface area contributed by atoms with Gasteiger partial charge in [0.2, 0.25) is 0 Å². The Morgan fingerprint density at radius 2 is 2.07 bits per heavy atom. The van der Waals surface area contributed by atoms with Crippen LogP contribution in [0.3, 0.4) is 0 Å². The molecule has 0 aliphatic heterocycles. The molecule has 1 aromatic rings. The molecular formula is C13H12O. The summed E-state index contributed by atoms with van der Waals surface area (Å²) in [6, 6.07) is 8.46. The van der Waals surface area contributed by atoms with E-state index in [1.807, 2.05) is 6.08 Å². The van der Waals surface area contributed by atoms with E-state index in [9.17, 15) is 4.79 Å². The van der Waals surface area contributed by atoms with Crippen molar-refractivity contribution in [3.05, 3.63) is 41.5 Å². The van der Waals surface area contributed by atoms with Gasteiger partial charge in [-0.1, -0.05) is 24.3 Å². The Bertz CT molecular complexity index is 429. The number of hydrogen-bond acceptors (Lipinski definition) is 1.